The predicted octanol–water partition coefficient (Wildman–Crippen LogP) is 0.118. The van der Waals surface area contributed by atoms with Gasteiger partial charge in [0.1, 0.15) is 0 Å². The lowest BCUT2D eigenvalue weighted by atomic mass is 9.96. The fourth-order valence-corrected chi connectivity index (χ4v) is 2.87. The van der Waals surface area contributed by atoms with Crippen LogP contribution in [0.3, 0.4) is 0 Å². The zero-order valence-electron chi connectivity index (χ0n) is 9.31. The minimum Gasteiger partial charge on any atom is -0.330 e. The number of nitrogens with one attached hydrogen (secondary N) is 1. The van der Waals surface area contributed by atoms with Crippen LogP contribution in [0.15, 0.2) is 11.5 Å². The molecule has 4 nitrogen and oxygen atoms in total. The maximum absolute atomic E-state index is 11.1. The number of sulfone groups is 1. The van der Waals surface area contributed by atoms with Crippen molar-refractivity contribution in [1.82, 2.24) is 5.32 Å². The number of hydrogen-bond acceptors (Lipinski definition) is 4. The molecular weight excluding hydrogens is 212 g/mol. The van der Waals surface area contributed by atoms with E-state index in [1.165, 1.54) is 5.41 Å². The lowest BCUT2D eigenvalue weighted by molar-refractivity contribution is 0.365. The lowest BCUT2D eigenvalue weighted by Crippen LogP contribution is -2.38. The van der Waals surface area contributed by atoms with Gasteiger partial charge >= 0.3 is 0 Å². The molecule has 3 N–H and O–H groups in total. The molecule has 1 heterocycles. The second-order valence-electron chi connectivity index (χ2n) is 4.41. The van der Waals surface area contributed by atoms with Crippen LogP contribution in [0.5, 0.6) is 0 Å². The van der Waals surface area contributed by atoms with Crippen LogP contribution >= 0.6 is 0 Å². The average Bonchev–Trinajstić information content (AvgIpc) is 2.46. The Balaban J connectivity index is 2.36. The molecule has 0 aromatic rings. The first-order chi connectivity index (χ1) is 6.94. The molecule has 0 saturated carbocycles. The third-order valence-corrected chi connectivity index (χ3v) is 4.21. The van der Waals surface area contributed by atoms with Crippen LogP contribution in [0, 0.1) is 11.8 Å². The second kappa shape index (κ2) is 5.09. The summed E-state index contributed by atoms with van der Waals surface area (Å²) in [5, 5.41) is 4.51. The standard InChI is InChI=1S/C10H20N2O2S/c1-8(2)9(5-11)6-12-10-3-4-15(13,14)7-10/h3-4,8-10,12H,5-7,11H2,1-2H3. The van der Waals surface area contributed by atoms with E-state index in [1.807, 2.05) is 0 Å². The van der Waals surface area contributed by atoms with Gasteiger partial charge in [-0.05, 0) is 24.9 Å². The van der Waals surface area contributed by atoms with E-state index < -0.39 is 9.84 Å². The highest BCUT2D eigenvalue weighted by Crippen LogP contribution is 2.11. The van der Waals surface area contributed by atoms with Crippen molar-refractivity contribution in [1.29, 1.82) is 0 Å². The van der Waals surface area contributed by atoms with Crippen LogP contribution < -0.4 is 11.1 Å². The van der Waals surface area contributed by atoms with E-state index in [1.54, 1.807) is 6.08 Å². The van der Waals surface area contributed by atoms with Crippen molar-refractivity contribution < 1.29 is 8.42 Å². The Morgan fingerprint density at radius 3 is 2.60 bits per heavy atom. The number of hydrogen-bond donors (Lipinski definition) is 2. The fourth-order valence-electron chi connectivity index (χ4n) is 1.60. The van der Waals surface area contributed by atoms with Crippen LogP contribution in [-0.4, -0.2) is 33.3 Å². The molecule has 5 heteroatoms. The van der Waals surface area contributed by atoms with Crippen molar-refractivity contribution >= 4 is 9.84 Å². The molecule has 0 amide bonds. The van der Waals surface area contributed by atoms with Gasteiger partial charge in [-0.15, -0.1) is 0 Å². The molecular formula is C10H20N2O2S. The molecule has 88 valence electrons. The van der Waals surface area contributed by atoms with E-state index in [-0.39, 0.29) is 11.8 Å². The van der Waals surface area contributed by atoms with Crippen LogP contribution in [0.25, 0.3) is 0 Å². The number of rotatable bonds is 5. The largest absolute Gasteiger partial charge is 0.330 e. The van der Waals surface area contributed by atoms with E-state index in [4.69, 9.17) is 5.73 Å². The molecule has 1 rings (SSSR count). The van der Waals surface area contributed by atoms with Gasteiger partial charge in [0.05, 0.1) is 5.75 Å². The van der Waals surface area contributed by atoms with Crippen molar-refractivity contribution in [3.05, 3.63) is 11.5 Å². The number of nitrogens with two attached hydrogens (primary N) is 1. The summed E-state index contributed by atoms with van der Waals surface area (Å²) in [6.45, 7) is 5.66. The Morgan fingerprint density at radius 2 is 2.20 bits per heavy atom. The van der Waals surface area contributed by atoms with Gasteiger partial charge in [-0.3, -0.25) is 0 Å². The van der Waals surface area contributed by atoms with E-state index in [0.717, 1.165) is 6.54 Å². The minimum atomic E-state index is -2.94. The van der Waals surface area contributed by atoms with Gasteiger partial charge in [-0.2, -0.15) is 0 Å². The molecule has 0 radical (unpaired) electrons. The first-order valence-electron chi connectivity index (χ1n) is 5.29. The van der Waals surface area contributed by atoms with Gasteiger partial charge in [0.2, 0.25) is 0 Å². The summed E-state index contributed by atoms with van der Waals surface area (Å²) in [5.74, 6) is 1.11. The van der Waals surface area contributed by atoms with Crippen LogP contribution in [0.1, 0.15) is 13.8 Å². The summed E-state index contributed by atoms with van der Waals surface area (Å²) in [5.41, 5.74) is 5.64. The SMILES string of the molecule is CC(C)C(CN)CNC1C=CS(=O)(=O)C1. The molecule has 0 aromatic carbocycles. The van der Waals surface area contributed by atoms with Crippen LogP contribution in [0.4, 0.5) is 0 Å². The maximum Gasteiger partial charge on any atom is 0.173 e. The maximum atomic E-state index is 11.1. The summed E-state index contributed by atoms with van der Waals surface area (Å²) >= 11 is 0. The molecule has 0 spiro atoms. The highest BCUT2D eigenvalue weighted by atomic mass is 32.2. The summed E-state index contributed by atoms with van der Waals surface area (Å²) in [7, 11) is -2.94. The van der Waals surface area contributed by atoms with Crippen molar-refractivity contribution in [3.63, 3.8) is 0 Å². The molecule has 15 heavy (non-hydrogen) atoms. The molecule has 0 saturated heterocycles. The van der Waals surface area contributed by atoms with Gasteiger partial charge in [-0.1, -0.05) is 19.9 Å². The molecule has 0 aromatic heterocycles. The highest BCUT2D eigenvalue weighted by molar-refractivity contribution is 7.94. The molecule has 2 unspecified atom stereocenters. The zero-order valence-corrected chi connectivity index (χ0v) is 10.1. The summed E-state index contributed by atoms with van der Waals surface area (Å²) in [6.07, 6.45) is 1.71. The fraction of sp³-hybridized carbons (Fsp3) is 0.800. The van der Waals surface area contributed by atoms with Crippen molar-refractivity contribution in [2.45, 2.75) is 19.9 Å². The minimum absolute atomic E-state index is 0.0391. The molecule has 1 aliphatic rings. The van der Waals surface area contributed by atoms with Crippen molar-refractivity contribution in [3.8, 4) is 0 Å². The summed E-state index contributed by atoms with van der Waals surface area (Å²) in [6, 6.07) is -0.0391. The third kappa shape index (κ3) is 3.93. The molecule has 0 aliphatic carbocycles. The summed E-state index contributed by atoms with van der Waals surface area (Å²) in [4.78, 5) is 0. The quantitative estimate of drug-likeness (QED) is 0.706. The van der Waals surface area contributed by atoms with Crippen molar-refractivity contribution in [2.75, 3.05) is 18.8 Å². The van der Waals surface area contributed by atoms with Gasteiger partial charge in [0.15, 0.2) is 9.84 Å². The van der Waals surface area contributed by atoms with E-state index in [0.29, 0.717) is 18.4 Å². The van der Waals surface area contributed by atoms with Crippen LogP contribution in [0.2, 0.25) is 0 Å². The topological polar surface area (TPSA) is 72.2 Å². The van der Waals surface area contributed by atoms with Crippen molar-refractivity contribution in [2.24, 2.45) is 17.6 Å². The first-order valence-corrected chi connectivity index (χ1v) is 7.00. The van der Waals surface area contributed by atoms with E-state index in [2.05, 4.69) is 19.2 Å². The van der Waals surface area contributed by atoms with Crippen LogP contribution in [-0.2, 0) is 9.84 Å². The van der Waals surface area contributed by atoms with Gasteiger partial charge in [0, 0.05) is 11.4 Å². The lowest BCUT2D eigenvalue weighted by Gasteiger charge is -2.21. The Bertz CT molecular complexity index is 322. The van der Waals surface area contributed by atoms with Gasteiger partial charge in [0.25, 0.3) is 0 Å². The molecule has 1 aliphatic heterocycles. The normalized spacial score (nSPS) is 26.0. The Hall–Kier alpha value is -0.390. The molecule has 0 fully saturated rings. The van der Waals surface area contributed by atoms with E-state index >= 15 is 0 Å². The Kier molecular flexibility index (Phi) is 4.31. The zero-order chi connectivity index (χ0) is 11.5. The Morgan fingerprint density at radius 1 is 1.53 bits per heavy atom. The average molecular weight is 232 g/mol. The second-order valence-corrected chi connectivity index (χ2v) is 6.34. The van der Waals surface area contributed by atoms with E-state index in [9.17, 15) is 8.42 Å². The van der Waals surface area contributed by atoms with Gasteiger partial charge in [-0.25, -0.2) is 8.42 Å². The molecule has 0 bridgehead atoms. The third-order valence-electron chi connectivity index (χ3n) is 2.82. The first kappa shape index (κ1) is 12.7. The Labute approximate surface area is 91.8 Å². The predicted molar refractivity (Wildman–Crippen MR) is 62.1 cm³/mol. The van der Waals surface area contributed by atoms with Gasteiger partial charge < -0.3 is 11.1 Å². The highest BCUT2D eigenvalue weighted by Gasteiger charge is 2.22. The molecule has 2 atom stereocenters. The smallest absolute Gasteiger partial charge is 0.173 e. The summed E-state index contributed by atoms with van der Waals surface area (Å²) < 4.78 is 22.3. The monoisotopic (exact) mass is 232 g/mol.